The second kappa shape index (κ2) is 4.56. The minimum atomic E-state index is -0.716. The van der Waals surface area contributed by atoms with Crippen molar-refractivity contribution in [2.75, 3.05) is 6.61 Å². The molecule has 1 aliphatic carbocycles. The first-order chi connectivity index (χ1) is 7.70. The van der Waals surface area contributed by atoms with Gasteiger partial charge in [0.15, 0.2) is 0 Å². The summed E-state index contributed by atoms with van der Waals surface area (Å²) < 4.78 is 5.43. The summed E-state index contributed by atoms with van der Waals surface area (Å²) in [5.41, 5.74) is 2.43. The van der Waals surface area contributed by atoms with Crippen LogP contribution in [-0.2, 0) is 11.2 Å². The Bertz CT molecular complexity index is 398. The molecule has 0 heterocycles. The van der Waals surface area contributed by atoms with Gasteiger partial charge < -0.3 is 9.84 Å². The second-order valence-electron chi connectivity index (χ2n) is 4.13. The number of carbonyl (C=O) groups is 1. The third kappa shape index (κ3) is 2.18. The van der Waals surface area contributed by atoms with E-state index in [9.17, 15) is 4.79 Å². The highest BCUT2D eigenvalue weighted by molar-refractivity contribution is 5.68. The van der Waals surface area contributed by atoms with Crippen LogP contribution in [0.15, 0.2) is 18.2 Å². The zero-order chi connectivity index (χ0) is 11.5. The van der Waals surface area contributed by atoms with Crippen molar-refractivity contribution in [3.8, 4) is 5.75 Å². The van der Waals surface area contributed by atoms with Gasteiger partial charge in [0.2, 0.25) is 0 Å². The smallest absolute Gasteiger partial charge is 0.303 e. The van der Waals surface area contributed by atoms with Gasteiger partial charge in [-0.2, -0.15) is 0 Å². The van der Waals surface area contributed by atoms with E-state index in [-0.39, 0.29) is 12.3 Å². The molecule has 16 heavy (non-hydrogen) atoms. The Morgan fingerprint density at radius 2 is 2.38 bits per heavy atom. The van der Waals surface area contributed by atoms with Crippen LogP contribution in [0.2, 0.25) is 0 Å². The monoisotopic (exact) mass is 220 g/mol. The Kier molecular flexibility index (Phi) is 3.13. The van der Waals surface area contributed by atoms with E-state index >= 15 is 0 Å². The number of hydrogen-bond donors (Lipinski definition) is 1. The van der Waals surface area contributed by atoms with Gasteiger partial charge in [-0.3, -0.25) is 4.79 Å². The maximum absolute atomic E-state index is 10.7. The van der Waals surface area contributed by atoms with Gasteiger partial charge in [-0.1, -0.05) is 6.07 Å². The summed E-state index contributed by atoms with van der Waals surface area (Å²) >= 11 is 0. The molecule has 1 aliphatic rings. The maximum Gasteiger partial charge on any atom is 0.303 e. The van der Waals surface area contributed by atoms with E-state index in [0.717, 1.165) is 18.6 Å². The van der Waals surface area contributed by atoms with E-state index in [4.69, 9.17) is 9.84 Å². The predicted molar refractivity (Wildman–Crippen MR) is 60.9 cm³/mol. The van der Waals surface area contributed by atoms with E-state index in [1.165, 1.54) is 11.1 Å². The van der Waals surface area contributed by atoms with Crippen LogP contribution in [0.4, 0.5) is 0 Å². The molecule has 3 heteroatoms. The number of fused-ring (bicyclic) bond motifs is 1. The molecule has 1 atom stereocenters. The van der Waals surface area contributed by atoms with E-state index in [1.54, 1.807) is 0 Å². The predicted octanol–water partition coefficient (Wildman–Crippen LogP) is 2.59. The molecule has 1 aromatic rings. The molecule has 0 aliphatic heterocycles. The summed E-state index contributed by atoms with van der Waals surface area (Å²) in [6.07, 6.45) is 2.15. The molecule has 0 amide bonds. The number of ether oxygens (including phenoxy) is 1. The number of hydrogen-bond acceptors (Lipinski definition) is 2. The van der Waals surface area contributed by atoms with E-state index < -0.39 is 5.97 Å². The van der Waals surface area contributed by atoms with Gasteiger partial charge in [-0.05, 0) is 48.9 Å². The Labute approximate surface area is 95.0 Å². The topological polar surface area (TPSA) is 46.5 Å². The molecule has 0 saturated heterocycles. The zero-order valence-corrected chi connectivity index (χ0v) is 9.40. The average molecular weight is 220 g/mol. The number of aryl methyl sites for hydroxylation is 1. The number of benzene rings is 1. The van der Waals surface area contributed by atoms with Crippen molar-refractivity contribution in [1.82, 2.24) is 0 Å². The van der Waals surface area contributed by atoms with Crippen molar-refractivity contribution in [3.63, 3.8) is 0 Å². The fourth-order valence-electron chi connectivity index (χ4n) is 2.36. The van der Waals surface area contributed by atoms with E-state index in [2.05, 4.69) is 0 Å². The van der Waals surface area contributed by atoms with Gasteiger partial charge in [0, 0.05) is 0 Å². The zero-order valence-electron chi connectivity index (χ0n) is 9.40. The third-order valence-corrected chi connectivity index (χ3v) is 3.05. The highest BCUT2D eigenvalue weighted by Gasteiger charge is 2.24. The Balaban J connectivity index is 2.18. The first kappa shape index (κ1) is 11.0. The minimum Gasteiger partial charge on any atom is -0.494 e. The molecule has 0 radical (unpaired) electrons. The van der Waals surface area contributed by atoms with Gasteiger partial charge in [0.1, 0.15) is 5.75 Å². The molecule has 1 aromatic carbocycles. The van der Waals surface area contributed by atoms with Crippen molar-refractivity contribution in [2.24, 2.45) is 0 Å². The Hall–Kier alpha value is -1.51. The molecular weight excluding hydrogens is 204 g/mol. The third-order valence-electron chi connectivity index (χ3n) is 3.05. The van der Waals surface area contributed by atoms with Gasteiger partial charge in [-0.15, -0.1) is 0 Å². The van der Waals surface area contributed by atoms with Gasteiger partial charge in [-0.25, -0.2) is 0 Å². The molecule has 1 N–H and O–H groups in total. The summed E-state index contributed by atoms with van der Waals surface area (Å²) in [7, 11) is 0. The van der Waals surface area contributed by atoms with Crippen LogP contribution in [0.3, 0.4) is 0 Å². The Morgan fingerprint density at radius 3 is 3.06 bits per heavy atom. The van der Waals surface area contributed by atoms with Gasteiger partial charge >= 0.3 is 5.97 Å². The number of carboxylic acid groups (broad SMARTS) is 1. The van der Waals surface area contributed by atoms with Crippen LogP contribution >= 0.6 is 0 Å². The molecule has 0 aromatic heterocycles. The number of aliphatic carboxylic acids is 1. The molecule has 3 nitrogen and oxygen atoms in total. The van der Waals surface area contributed by atoms with E-state index in [1.807, 2.05) is 25.1 Å². The van der Waals surface area contributed by atoms with Crippen LogP contribution in [0.25, 0.3) is 0 Å². The summed E-state index contributed by atoms with van der Waals surface area (Å²) in [6, 6.07) is 5.99. The Morgan fingerprint density at radius 1 is 1.56 bits per heavy atom. The van der Waals surface area contributed by atoms with Crippen molar-refractivity contribution < 1.29 is 14.6 Å². The normalized spacial score (nSPS) is 18.2. The van der Waals surface area contributed by atoms with Crippen LogP contribution in [0.5, 0.6) is 5.75 Å². The number of rotatable bonds is 4. The highest BCUT2D eigenvalue weighted by Crippen LogP contribution is 2.37. The lowest BCUT2D eigenvalue weighted by Crippen LogP contribution is -2.03. The molecule has 0 fully saturated rings. The summed E-state index contributed by atoms with van der Waals surface area (Å²) in [6.45, 7) is 2.62. The van der Waals surface area contributed by atoms with E-state index in [0.29, 0.717) is 6.61 Å². The van der Waals surface area contributed by atoms with Gasteiger partial charge in [0.05, 0.1) is 13.0 Å². The lowest BCUT2D eigenvalue weighted by atomic mass is 9.98. The molecule has 2 rings (SSSR count). The standard InChI is InChI=1S/C13H16O3/c1-2-16-11-5-6-12-9(7-11)3-4-10(12)8-13(14)15/h5-7,10H,2-4,8H2,1H3,(H,14,15). The van der Waals surface area contributed by atoms with Crippen LogP contribution in [0, 0.1) is 0 Å². The average Bonchev–Trinajstić information content (AvgIpc) is 2.61. The minimum absolute atomic E-state index is 0.183. The van der Waals surface area contributed by atoms with Crippen molar-refractivity contribution in [1.29, 1.82) is 0 Å². The van der Waals surface area contributed by atoms with Crippen LogP contribution < -0.4 is 4.74 Å². The first-order valence-corrected chi connectivity index (χ1v) is 5.68. The van der Waals surface area contributed by atoms with Crippen molar-refractivity contribution >= 4 is 5.97 Å². The fourth-order valence-corrected chi connectivity index (χ4v) is 2.36. The molecule has 86 valence electrons. The van der Waals surface area contributed by atoms with Crippen LogP contribution in [0.1, 0.15) is 36.8 Å². The molecular formula is C13H16O3. The summed E-state index contributed by atoms with van der Waals surface area (Å²) in [5, 5.41) is 8.81. The summed E-state index contributed by atoms with van der Waals surface area (Å²) in [4.78, 5) is 10.7. The molecule has 0 saturated carbocycles. The second-order valence-corrected chi connectivity index (χ2v) is 4.13. The quantitative estimate of drug-likeness (QED) is 0.848. The summed E-state index contributed by atoms with van der Waals surface area (Å²) in [5.74, 6) is 0.354. The molecule has 0 bridgehead atoms. The van der Waals surface area contributed by atoms with Crippen molar-refractivity contribution in [3.05, 3.63) is 29.3 Å². The maximum atomic E-state index is 10.7. The highest BCUT2D eigenvalue weighted by atomic mass is 16.5. The SMILES string of the molecule is CCOc1ccc2c(c1)CCC2CC(=O)O. The van der Waals surface area contributed by atoms with Crippen LogP contribution in [-0.4, -0.2) is 17.7 Å². The lowest BCUT2D eigenvalue weighted by molar-refractivity contribution is -0.137. The van der Waals surface area contributed by atoms with Gasteiger partial charge in [0.25, 0.3) is 0 Å². The number of carboxylic acids is 1. The lowest BCUT2D eigenvalue weighted by Gasteiger charge is -2.09. The molecule has 1 unspecified atom stereocenters. The largest absolute Gasteiger partial charge is 0.494 e. The molecule has 0 spiro atoms. The fraction of sp³-hybridized carbons (Fsp3) is 0.462. The first-order valence-electron chi connectivity index (χ1n) is 5.68. The van der Waals surface area contributed by atoms with Crippen molar-refractivity contribution in [2.45, 2.75) is 32.1 Å².